The Labute approximate surface area is 215 Å². The lowest BCUT2D eigenvalue weighted by atomic mass is 10.0. The van der Waals surface area contributed by atoms with Gasteiger partial charge in [-0.2, -0.15) is 18.2 Å². The van der Waals surface area contributed by atoms with E-state index in [1.165, 1.54) is 17.0 Å². The molecule has 1 fully saturated rings. The first-order valence-corrected chi connectivity index (χ1v) is 12.0. The molecule has 0 saturated carbocycles. The third-order valence-electron chi connectivity index (χ3n) is 6.34. The number of aliphatic hydroxyl groups is 2. The van der Waals surface area contributed by atoms with Gasteiger partial charge >= 0.3 is 12.2 Å². The summed E-state index contributed by atoms with van der Waals surface area (Å²) in [5, 5.41) is 21.2. The molecule has 1 unspecified atom stereocenters. The van der Waals surface area contributed by atoms with Crippen LogP contribution in [0.15, 0.2) is 48.7 Å². The molecule has 4 heterocycles. The average Bonchev–Trinajstić information content (AvgIpc) is 2.91. The van der Waals surface area contributed by atoms with Crippen molar-refractivity contribution in [2.75, 3.05) is 41.4 Å². The summed E-state index contributed by atoms with van der Waals surface area (Å²) >= 11 is 0. The highest BCUT2D eigenvalue weighted by Gasteiger charge is 2.39. The van der Waals surface area contributed by atoms with Crippen LogP contribution in [0, 0.1) is 0 Å². The Bertz CT molecular complexity index is 1320. The summed E-state index contributed by atoms with van der Waals surface area (Å²) in [4.78, 5) is 30.2. The first-order valence-electron chi connectivity index (χ1n) is 12.0. The van der Waals surface area contributed by atoms with Gasteiger partial charge in [0, 0.05) is 24.7 Å². The number of halogens is 3. The largest absolute Gasteiger partial charge is 0.475 e. The Kier molecular flexibility index (Phi) is 7.04. The number of piperidine rings is 1. The molecule has 5 rings (SSSR count). The van der Waals surface area contributed by atoms with Gasteiger partial charge in [0.1, 0.15) is 18.5 Å². The summed E-state index contributed by atoms with van der Waals surface area (Å²) in [6, 6.07) is 8.77. The number of aliphatic hydroxyl groups excluding tert-OH is 2. The molecule has 38 heavy (non-hydrogen) atoms. The number of carbonyl (C=O) groups excluding carboxylic acids is 1. The summed E-state index contributed by atoms with van der Waals surface area (Å²) < 4.78 is 45.2. The molecule has 2 atom stereocenters. The second-order valence-electron chi connectivity index (χ2n) is 9.03. The fourth-order valence-electron chi connectivity index (χ4n) is 4.53. The molecule has 3 N–H and O–H groups in total. The maximum atomic E-state index is 13.5. The number of ether oxygens (including phenoxy) is 1. The molecule has 3 aromatic rings. The topological polar surface area (TPSA) is 124 Å². The van der Waals surface area contributed by atoms with Gasteiger partial charge in [-0.25, -0.2) is 14.8 Å². The van der Waals surface area contributed by atoms with Gasteiger partial charge in [-0.1, -0.05) is 18.2 Å². The number of urea groups is 1. The molecule has 2 bridgehead atoms. The summed E-state index contributed by atoms with van der Waals surface area (Å²) in [7, 11) is 0. The fraction of sp³-hybridized carbons (Fsp3) is 0.360. The summed E-state index contributed by atoms with van der Waals surface area (Å²) in [6.07, 6.45) is -2.47. The normalized spacial score (nSPS) is 17.6. The van der Waals surface area contributed by atoms with E-state index in [1.54, 1.807) is 24.4 Å². The molecule has 2 aliphatic heterocycles. The van der Waals surface area contributed by atoms with Crippen molar-refractivity contribution in [2.24, 2.45) is 0 Å². The molecule has 1 aromatic carbocycles. The first-order chi connectivity index (χ1) is 18.2. The first kappa shape index (κ1) is 25.7. The van der Waals surface area contributed by atoms with Crippen molar-refractivity contribution in [2.45, 2.75) is 31.2 Å². The zero-order valence-corrected chi connectivity index (χ0v) is 20.1. The van der Waals surface area contributed by atoms with Crippen molar-refractivity contribution < 1.29 is 32.9 Å². The lowest BCUT2D eigenvalue weighted by molar-refractivity contribution is -0.137. The number of hydrogen-bond donors (Lipinski definition) is 3. The number of amides is 2. The second kappa shape index (κ2) is 10.4. The van der Waals surface area contributed by atoms with Crippen LogP contribution in [0.5, 0.6) is 5.88 Å². The van der Waals surface area contributed by atoms with Crippen LogP contribution in [0.25, 0.3) is 11.4 Å². The molecule has 13 heteroatoms. The lowest BCUT2D eigenvalue weighted by Crippen LogP contribution is -2.56. The van der Waals surface area contributed by atoms with Crippen molar-refractivity contribution >= 4 is 23.4 Å². The SMILES string of the molecule is O=C(Nc1cccc(OC[C@@H](O)CO)n1)N1c2nc(-c3cccc(C(F)(F)F)c3)ncc2N2CCCC1C2. The second-order valence-corrected chi connectivity index (χ2v) is 9.03. The summed E-state index contributed by atoms with van der Waals surface area (Å²) in [5.41, 5.74) is -0.00798. The number of rotatable bonds is 6. The van der Waals surface area contributed by atoms with E-state index in [0.29, 0.717) is 18.1 Å². The van der Waals surface area contributed by atoms with Crippen molar-refractivity contribution in [3.05, 3.63) is 54.2 Å². The fourth-order valence-corrected chi connectivity index (χ4v) is 4.53. The minimum absolute atomic E-state index is 0.0739. The highest BCUT2D eigenvalue weighted by atomic mass is 19.4. The summed E-state index contributed by atoms with van der Waals surface area (Å²) in [6.45, 7) is 0.690. The number of nitrogens with zero attached hydrogens (tertiary/aromatic N) is 5. The maximum absolute atomic E-state index is 13.5. The zero-order chi connectivity index (χ0) is 26.9. The number of benzene rings is 1. The number of anilines is 3. The predicted molar refractivity (Wildman–Crippen MR) is 132 cm³/mol. The number of nitrogens with one attached hydrogen (secondary N) is 1. The van der Waals surface area contributed by atoms with E-state index in [4.69, 9.17) is 9.84 Å². The van der Waals surface area contributed by atoms with Crippen LogP contribution in [0.4, 0.5) is 35.3 Å². The van der Waals surface area contributed by atoms with Gasteiger partial charge in [-0.15, -0.1) is 0 Å². The van der Waals surface area contributed by atoms with E-state index >= 15 is 0 Å². The van der Waals surface area contributed by atoms with Gasteiger partial charge in [0.25, 0.3) is 0 Å². The van der Waals surface area contributed by atoms with E-state index < -0.39 is 30.5 Å². The van der Waals surface area contributed by atoms with E-state index in [0.717, 1.165) is 31.5 Å². The molecular formula is C25H25F3N6O4. The average molecular weight is 531 g/mol. The van der Waals surface area contributed by atoms with Crippen LogP contribution in [0.1, 0.15) is 18.4 Å². The third-order valence-corrected chi connectivity index (χ3v) is 6.34. The van der Waals surface area contributed by atoms with Gasteiger partial charge in [-0.3, -0.25) is 10.2 Å². The molecule has 0 radical (unpaired) electrons. The molecule has 2 aromatic heterocycles. The molecule has 2 aliphatic rings. The van der Waals surface area contributed by atoms with Crippen LogP contribution in [-0.4, -0.2) is 69.6 Å². The van der Waals surface area contributed by atoms with Crippen molar-refractivity contribution in [3.8, 4) is 17.3 Å². The molecule has 0 spiro atoms. The van der Waals surface area contributed by atoms with Gasteiger partial charge in [-0.05, 0) is 31.0 Å². The highest BCUT2D eigenvalue weighted by molar-refractivity contribution is 6.04. The Balaban J connectivity index is 1.44. The molecule has 0 aliphatic carbocycles. The number of hydrogen-bond acceptors (Lipinski definition) is 8. The van der Waals surface area contributed by atoms with Gasteiger partial charge in [0.05, 0.1) is 30.1 Å². The number of carbonyl (C=O) groups is 1. The molecular weight excluding hydrogens is 505 g/mol. The quantitative estimate of drug-likeness (QED) is 0.444. The monoisotopic (exact) mass is 530 g/mol. The Morgan fingerprint density at radius 3 is 2.82 bits per heavy atom. The molecule has 10 nitrogen and oxygen atoms in total. The lowest BCUT2D eigenvalue weighted by Gasteiger charge is -2.45. The van der Waals surface area contributed by atoms with Crippen LogP contribution in [-0.2, 0) is 6.18 Å². The van der Waals surface area contributed by atoms with Gasteiger partial charge in [0.2, 0.25) is 5.88 Å². The predicted octanol–water partition coefficient (Wildman–Crippen LogP) is 3.31. The van der Waals surface area contributed by atoms with Gasteiger partial charge < -0.3 is 19.8 Å². The smallest absolute Gasteiger partial charge is 0.416 e. The number of pyridine rings is 1. The van der Waals surface area contributed by atoms with E-state index in [1.807, 2.05) is 0 Å². The maximum Gasteiger partial charge on any atom is 0.416 e. The zero-order valence-electron chi connectivity index (χ0n) is 20.1. The molecule has 1 saturated heterocycles. The summed E-state index contributed by atoms with van der Waals surface area (Å²) in [5.74, 6) is 0.717. The molecule has 2 amide bonds. The Hall–Kier alpha value is -3.97. The Morgan fingerprint density at radius 2 is 2.03 bits per heavy atom. The third kappa shape index (κ3) is 5.34. The Morgan fingerprint density at radius 1 is 1.21 bits per heavy atom. The van der Waals surface area contributed by atoms with Crippen molar-refractivity contribution in [1.82, 2.24) is 15.0 Å². The van der Waals surface area contributed by atoms with Crippen LogP contribution in [0.3, 0.4) is 0 Å². The van der Waals surface area contributed by atoms with Crippen LogP contribution in [0.2, 0.25) is 0 Å². The van der Waals surface area contributed by atoms with E-state index in [2.05, 4.69) is 25.2 Å². The number of fused-ring (bicyclic) bond motifs is 4. The van der Waals surface area contributed by atoms with Crippen molar-refractivity contribution in [1.29, 1.82) is 0 Å². The minimum atomic E-state index is -4.51. The standard InChI is InChI=1S/C25H25F3N6O4/c26-25(27,28)16-5-1-4-15(10-16)22-29-11-19-23(32-22)34(17-6-3-9-33(19)12-17)24(37)31-20-7-2-8-21(30-20)38-14-18(36)13-35/h1-2,4-5,7-8,10-11,17-18,35-36H,3,6,9,12-14H2,(H,30,31,37)/t17?,18-/m0/s1. The highest BCUT2D eigenvalue weighted by Crippen LogP contribution is 2.39. The number of aromatic nitrogens is 3. The van der Waals surface area contributed by atoms with Crippen LogP contribution < -0.4 is 19.9 Å². The van der Waals surface area contributed by atoms with Crippen molar-refractivity contribution in [3.63, 3.8) is 0 Å². The van der Waals surface area contributed by atoms with Crippen LogP contribution >= 0.6 is 0 Å². The van der Waals surface area contributed by atoms with Gasteiger partial charge in [0.15, 0.2) is 11.6 Å². The minimum Gasteiger partial charge on any atom is -0.475 e. The van der Waals surface area contributed by atoms with E-state index in [9.17, 15) is 23.1 Å². The number of alkyl halides is 3. The molecule has 200 valence electrons. The van der Waals surface area contributed by atoms with E-state index in [-0.39, 0.29) is 35.7 Å².